The molecule has 0 unspecified atom stereocenters. The topological polar surface area (TPSA) is 63.7 Å². The zero-order valence-corrected chi connectivity index (χ0v) is 16.9. The Kier molecular flexibility index (Phi) is 5.37. The molecule has 1 aliphatic heterocycles. The fraction of sp³-hybridized carbons (Fsp3) is 0.286. The molecule has 0 radical (unpaired) electrons. The van der Waals surface area contributed by atoms with Gasteiger partial charge in [0.1, 0.15) is 5.75 Å². The smallest absolute Gasteiger partial charge is 0.261 e. The molecule has 146 valence electrons. The maximum absolute atomic E-state index is 12.9. The number of rotatable bonds is 6. The zero-order valence-electron chi connectivity index (χ0n) is 15.3. The van der Waals surface area contributed by atoms with Crippen molar-refractivity contribution in [2.45, 2.75) is 19.0 Å². The van der Waals surface area contributed by atoms with Gasteiger partial charge in [-0.3, -0.25) is 4.79 Å². The molecular weight excluding hydrogens is 394 g/mol. The van der Waals surface area contributed by atoms with Gasteiger partial charge in [-0.25, -0.2) is 8.42 Å². The van der Waals surface area contributed by atoms with Crippen molar-refractivity contribution in [3.05, 3.63) is 64.9 Å². The van der Waals surface area contributed by atoms with Gasteiger partial charge in [0, 0.05) is 10.9 Å². The number of sulfone groups is 1. The number of amides is 1. The van der Waals surface area contributed by atoms with Crippen molar-refractivity contribution >= 4 is 37.9 Å². The molecule has 0 N–H and O–H groups in total. The van der Waals surface area contributed by atoms with Crippen LogP contribution in [0.15, 0.2) is 60.0 Å². The summed E-state index contributed by atoms with van der Waals surface area (Å²) < 4.78 is 29.6. The minimum Gasteiger partial charge on any atom is -0.484 e. The molecule has 3 aromatic rings. The normalized spacial score (nSPS) is 18.2. The van der Waals surface area contributed by atoms with E-state index in [0.717, 1.165) is 15.6 Å². The van der Waals surface area contributed by atoms with E-state index in [-0.39, 0.29) is 30.1 Å². The fourth-order valence-corrected chi connectivity index (χ4v) is 5.93. The highest BCUT2D eigenvalue weighted by Crippen LogP contribution is 2.23. The van der Waals surface area contributed by atoms with Gasteiger partial charge in [-0.1, -0.05) is 36.4 Å². The van der Waals surface area contributed by atoms with Gasteiger partial charge in [0.25, 0.3) is 5.91 Å². The first-order valence-electron chi connectivity index (χ1n) is 9.14. The molecule has 1 aromatic heterocycles. The third kappa shape index (κ3) is 4.36. The van der Waals surface area contributed by atoms with Crippen LogP contribution in [0.25, 0.3) is 10.8 Å². The third-order valence-electron chi connectivity index (χ3n) is 4.96. The monoisotopic (exact) mass is 415 g/mol. The van der Waals surface area contributed by atoms with Crippen molar-refractivity contribution in [2.24, 2.45) is 0 Å². The number of hydrogen-bond donors (Lipinski definition) is 0. The third-order valence-corrected chi connectivity index (χ3v) is 7.57. The SMILES string of the molecule is O=C(COc1ccc2ccccc2c1)N(Cc1cccs1)[C@H]1CCS(=O)(=O)C1. The first kappa shape index (κ1) is 19.0. The van der Waals surface area contributed by atoms with E-state index in [1.807, 2.05) is 60.0 Å². The van der Waals surface area contributed by atoms with Crippen LogP contribution in [0.2, 0.25) is 0 Å². The molecule has 0 spiro atoms. The number of thiophene rings is 1. The first-order valence-corrected chi connectivity index (χ1v) is 11.8. The Bertz CT molecular complexity index is 1080. The summed E-state index contributed by atoms with van der Waals surface area (Å²) in [6, 6.07) is 17.3. The van der Waals surface area contributed by atoms with E-state index in [4.69, 9.17) is 4.74 Å². The summed E-state index contributed by atoms with van der Waals surface area (Å²) >= 11 is 1.56. The number of fused-ring (bicyclic) bond motifs is 1. The average molecular weight is 416 g/mol. The van der Waals surface area contributed by atoms with Crippen LogP contribution >= 0.6 is 11.3 Å². The van der Waals surface area contributed by atoms with Crippen molar-refractivity contribution in [1.29, 1.82) is 0 Å². The average Bonchev–Trinajstić information content (AvgIpc) is 3.33. The van der Waals surface area contributed by atoms with E-state index in [2.05, 4.69) is 0 Å². The van der Waals surface area contributed by atoms with E-state index in [9.17, 15) is 13.2 Å². The van der Waals surface area contributed by atoms with Gasteiger partial charge < -0.3 is 9.64 Å². The standard InChI is InChI=1S/C21H21NO4S2/c23-21(14-26-19-8-7-16-4-1-2-5-17(16)12-19)22(13-20-6-3-10-27-20)18-9-11-28(24,25)15-18/h1-8,10,12,18H,9,11,13-15H2/t18-/m0/s1. The molecule has 0 aliphatic carbocycles. The number of benzene rings is 2. The Morgan fingerprint density at radius 3 is 2.64 bits per heavy atom. The highest BCUT2D eigenvalue weighted by atomic mass is 32.2. The Balaban J connectivity index is 1.48. The lowest BCUT2D eigenvalue weighted by Gasteiger charge is -2.28. The molecule has 1 atom stereocenters. The molecule has 2 aromatic carbocycles. The van der Waals surface area contributed by atoms with Crippen LogP contribution in [0.4, 0.5) is 0 Å². The number of hydrogen-bond acceptors (Lipinski definition) is 5. The molecule has 7 heteroatoms. The lowest BCUT2D eigenvalue weighted by Crippen LogP contribution is -2.42. The lowest BCUT2D eigenvalue weighted by molar-refractivity contribution is -0.135. The summed E-state index contributed by atoms with van der Waals surface area (Å²) in [5, 5.41) is 4.11. The molecule has 28 heavy (non-hydrogen) atoms. The second kappa shape index (κ2) is 7.93. The maximum Gasteiger partial charge on any atom is 0.261 e. The summed E-state index contributed by atoms with van der Waals surface area (Å²) in [4.78, 5) is 15.6. The summed E-state index contributed by atoms with van der Waals surface area (Å²) in [6.45, 7) is 0.304. The number of carbonyl (C=O) groups is 1. The van der Waals surface area contributed by atoms with Gasteiger partial charge in [0.15, 0.2) is 16.4 Å². The molecule has 1 amide bonds. The van der Waals surface area contributed by atoms with E-state index in [1.165, 1.54) is 0 Å². The van der Waals surface area contributed by atoms with Crippen LogP contribution in [0.1, 0.15) is 11.3 Å². The van der Waals surface area contributed by atoms with Crippen LogP contribution < -0.4 is 4.74 Å². The summed E-state index contributed by atoms with van der Waals surface area (Å²) in [6.07, 6.45) is 0.482. The highest BCUT2D eigenvalue weighted by molar-refractivity contribution is 7.91. The predicted molar refractivity (Wildman–Crippen MR) is 111 cm³/mol. The predicted octanol–water partition coefficient (Wildman–Crippen LogP) is 3.50. The van der Waals surface area contributed by atoms with Crippen LogP contribution in [-0.4, -0.2) is 43.4 Å². The van der Waals surface area contributed by atoms with Crippen molar-refractivity contribution in [2.75, 3.05) is 18.1 Å². The Morgan fingerprint density at radius 2 is 1.93 bits per heavy atom. The molecule has 2 heterocycles. The van der Waals surface area contributed by atoms with Gasteiger partial charge in [-0.15, -0.1) is 11.3 Å². The van der Waals surface area contributed by atoms with Crippen molar-refractivity contribution in [3.63, 3.8) is 0 Å². The van der Waals surface area contributed by atoms with Gasteiger partial charge in [-0.2, -0.15) is 0 Å². The van der Waals surface area contributed by atoms with Gasteiger partial charge >= 0.3 is 0 Å². The minimum atomic E-state index is -3.08. The number of nitrogens with zero attached hydrogens (tertiary/aromatic N) is 1. The van der Waals surface area contributed by atoms with E-state index >= 15 is 0 Å². The Morgan fingerprint density at radius 1 is 1.11 bits per heavy atom. The molecule has 0 bridgehead atoms. The van der Waals surface area contributed by atoms with E-state index < -0.39 is 9.84 Å². The highest BCUT2D eigenvalue weighted by Gasteiger charge is 2.34. The Labute approximate surface area is 168 Å². The Hall–Kier alpha value is -2.38. The van der Waals surface area contributed by atoms with Crippen molar-refractivity contribution in [3.8, 4) is 5.75 Å². The van der Waals surface area contributed by atoms with E-state index in [1.54, 1.807) is 16.2 Å². The van der Waals surface area contributed by atoms with Crippen LogP contribution in [-0.2, 0) is 21.2 Å². The summed E-state index contributed by atoms with van der Waals surface area (Å²) in [5.41, 5.74) is 0. The van der Waals surface area contributed by atoms with Gasteiger partial charge in [0.2, 0.25) is 0 Å². The van der Waals surface area contributed by atoms with Gasteiger partial charge in [0.05, 0.1) is 18.1 Å². The largest absolute Gasteiger partial charge is 0.484 e. The molecule has 5 nitrogen and oxygen atoms in total. The number of ether oxygens (including phenoxy) is 1. The quantitative estimate of drug-likeness (QED) is 0.618. The molecule has 1 fully saturated rings. The lowest BCUT2D eigenvalue weighted by atomic mass is 10.1. The molecule has 1 saturated heterocycles. The molecular formula is C21H21NO4S2. The van der Waals surface area contributed by atoms with Crippen molar-refractivity contribution < 1.29 is 17.9 Å². The van der Waals surface area contributed by atoms with Gasteiger partial charge in [-0.05, 0) is 40.8 Å². The van der Waals surface area contributed by atoms with E-state index in [0.29, 0.717) is 18.7 Å². The second-order valence-corrected chi connectivity index (χ2v) is 10.2. The zero-order chi connectivity index (χ0) is 19.6. The number of carbonyl (C=O) groups excluding carboxylic acids is 1. The summed E-state index contributed by atoms with van der Waals surface area (Å²) in [7, 11) is -3.08. The van der Waals surface area contributed by atoms with Crippen LogP contribution in [0.3, 0.4) is 0 Å². The minimum absolute atomic E-state index is 0.0279. The summed E-state index contributed by atoms with van der Waals surface area (Å²) in [5.74, 6) is 0.600. The van der Waals surface area contributed by atoms with Crippen LogP contribution in [0.5, 0.6) is 5.75 Å². The fourth-order valence-electron chi connectivity index (χ4n) is 3.50. The molecule has 0 saturated carbocycles. The van der Waals surface area contributed by atoms with Crippen molar-refractivity contribution in [1.82, 2.24) is 4.90 Å². The first-order chi connectivity index (χ1) is 13.5. The molecule has 4 rings (SSSR count). The maximum atomic E-state index is 12.9. The second-order valence-electron chi connectivity index (χ2n) is 6.96. The molecule has 1 aliphatic rings. The van der Waals surface area contributed by atoms with Crippen LogP contribution in [0, 0.1) is 0 Å².